The third-order valence-corrected chi connectivity index (χ3v) is 3.94. The second-order valence-corrected chi connectivity index (χ2v) is 5.16. The van der Waals surface area contributed by atoms with Crippen molar-refractivity contribution in [2.75, 3.05) is 6.54 Å². The molecule has 0 amide bonds. The maximum Gasteiger partial charge on any atom is 0.105 e. The van der Waals surface area contributed by atoms with Crippen molar-refractivity contribution in [3.05, 3.63) is 58.5 Å². The Hall–Kier alpha value is -1.54. The van der Waals surface area contributed by atoms with Gasteiger partial charge >= 0.3 is 0 Å². The smallest absolute Gasteiger partial charge is 0.105 e. The van der Waals surface area contributed by atoms with E-state index in [4.69, 9.17) is 4.42 Å². The predicted molar refractivity (Wildman–Crippen MR) is 84.2 cm³/mol. The molecule has 1 heterocycles. The third kappa shape index (κ3) is 2.96. The molecule has 0 bridgehead atoms. The molecular formula is C18H25NO. The van der Waals surface area contributed by atoms with Crippen LogP contribution < -0.4 is 5.32 Å². The van der Waals surface area contributed by atoms with Crippen molar-refractivity contribution in [3.63, 3.8) is 0 Å². The molecule has 1 atom stereocenters. The molecule has 0 saturated heterocycles. The molecule has 0 aliphatic heterocycles. The Labute approximate surface area is 122 Å². The number of nitrogens with one attached hydrogen (secondary N) is 1. The Morgan fingerprint density at radius 3 is 2.35 bits per heavy atom. The Kier molecular flexibility index (Phi) is 5.02. The van der Waals surface area contributed by atoms with Crippen LogP contribution in [0.2, 0.25) is 0 Å². The highest BCUT2D eigenvalue weighted by molar-refractivity contribution is 5.39. The van der Waals surface area contributed by atoms with Gasteiger partial charge in [-0.15, -0.1) is 0 Å². The van der Waals surface area contributed by atoms with Crippen molar-refractivity contribution in [1.82, 2.24) is 5.32 Å². The van der Waals surface area contributed by atoms with Gasteiger partial charge in [-0.05, 0) is 49.1 Å². The van der Waals surface area contributed by atoms with Crippen LogP contribution in [-0.4, -0.2) is 6.54 Å². The Morgan fingerprint density at radius 2 is 1.80 bits per heavy atom. The van der Waals surface area contributed by atoms with Gasteiger partial charge in [0.2, 0.25) is 0 Å². The summed E-state index contributed by atoms with van der Waals surface area (Å²) in [6.07, 6.45) is 3.95. The molecule has 2 rings (SSSR count). The molecule has 108 valence electrons. The van der Waals surface area contributed by atoms with E-state index in [0.29, 0.717) is 0 Å². The molecule has 0 fully saturated rings. The molecule has 0 saturated carbocycles. The van der Waals surface area contributed by atoms with Crippen molar-refractivity contribution in [2.24, 2.45) is 0 Å². The van der Waals surface area contributed by atoms with Crippen LogP contribution in [0, 0.1) is 6.92 Å². The van der Waals surface area contributed by atoms with Crippen LogP contribution in [0.5, 0.6) is 0 Å². The first-order valence-electron chi connectivity index (χ1n) is 7.60. The number of aryl methyl sites for hydroxylation is 3. The van der Waals surface area contributed by atoms with Gasteiger partial charge in [0.15, 0.2) is 0 Å². The minimum atomic E-state index is 0.218. The van der Waals surface area contributed by atoms with E-state index in [-0.39, 0.29) is 6.04 Å². The monoisotopic (exact) mass is 271 g/mol. The van der Waals surface area contributed by atoms with E-state index in [1.165, 1.54) is 22.3 Å². The van der Waals surface area contributed by atoms with Crippen LogP contribution in [0.1, 0.15) is 54.8 Å². The van der Waals surface area contributed by atoms with Crippen LogP contribution in [0.25, 0.3) is 0 Å². The van der Waals surface area contributed by atoms with E-state index in [1.807, 2.05) is 6.92 Å². The molecule has 1 unspecified atom stereocenters. The molecule has 20 heavy (non-hydrogen) atoms. The fourth-order valence-corrected chi connectivity index (χ4v) is 2.81. The summed E-state index contributed by atoms with van der Waals surface area (Å²) in [5, 5.41) is 3.57. The first kappa shape index (κ1) is 14.9. The molecule has 2 nitrogen and oxygen atoms in total. The Bertz CT molecular complexity index is 556. The van der Waals surface area contributed by atoms with Crippen molar-refractivity contribution >= 4 is 0 Å². The summed E-state index contributed by atoms with van der Waals surface area (Å²) in [6, 6.07) is 9.15. The predicted octanol–water partition coefficient (Wildman–Crippen LogP) is 4.41. The van der Waals surface area contributed by atoms with E-state index < -0.39 is 0 Å². The van der Waals surface area contributed by atoms with Gasteiger partial charge in [0, 0.05) is 5.56 Å². The van der Waals surface area contributed by atoms with Crippen molar-refractivity contribution in [1.29, 1.82) is 0 Å². The fraction of sp³-hybridized carbons (Fsp3) is 0.444. The first-order valence-corrected chi connectivity index (χ1v) is 7.60. The topological polar surface area (TPSA) is 25.2 Å². The Balaban J connectivity index is 2.42. The van der Waals surface area contributed by atoms with Gasteiger partial charge in [-0.25, -0.2) is 0 Å². The normalized spacial score (nSPS) is 12.6. The molecule has 1 N–H and O–H groups in total. The summed E-state index contributed by atoms with van der Waals surface area (Å²) in [4.78, 5) is 0. The van der Waals surface area contributed by atoms with Crippen molar-refractivity contribution in [2.45, 2.75) is 46.6 Å². The van der Waals surface area contributed by atoms with Crippen LogP contribution in [-0.2, 0) is 12.8 Å². The summed E-state index contributed by atoms with van der Waals surface area (Å²) in [6.45, 7) is 9.55. The molecule has 0 aliphatic rings. The van der Waals surface area contributed by atoms with Gasteiger partial charge in [-0.1, -0.05) is 39.0 Å². The summed E-state index contributed by atoms with van der Waals surface area (Å²) in [5.74, 6) is 0.994. The quantitative estimate of drug-likeness (QED) is 0.841. The van der Waals surface area contributed by atoms with Gasteiger partial charge in [0.05, 0.1) is 12.3 Å². The lowest BCUT2D eigenvalue weighted by Gasteiger charge is -2.20. The number of rotatable bonds is 6. The largest absolute Gasteiger partial charge is 0.469 e. The number of hydrogen-bond acceptors (Lipinski definition) is 2. The Morgan fingerprint density at radius 1 is 1.05 bits per heavy atom. The lowest BCUT2D eigenvalue weighted by atomic mass is 9.93. The van der Waals surface area contributed by atoms with Gasteiger partial charge in [-0.2, -0.15) is 0 Å². The van der Waals surface area contributed by atoms with Gasteiger partial charge in [-0.3, -0.25) is 0 Å². The average molecular weight is 271 g/mol. The average Bonchev–Trinajstić information content (AvgIpc) is 2.90. The maximum atomic E-state index is 5.47. The van der Waals surface area contributed by atoms with E-state index in [0.717, 1.165) is 25.1 Å². The SMILES string of the molecule is CCNC(c1ccc(CC)c(CC)c1)c1ccoc1C. The van der Waals surface area contributed by atoms with Crippen molar-refractivity contribution in [3.8, 4) is 0 Å². The fourth-order valence-electron chi connectivity index (χ4n) is 2.81. The zero-order valence-corrected chi connectivity index (χ0v) is 13.0. The lowest BCUT2D eigenvalue weighted by Crippen LogP contribution is -2.22. The standard InChI is InChI=1S/C18H25NO/c1-5-14-8-9-16(12-15(14)6-2)18(19-7-3)17-10-11-20-13(17)4/h8-12,18-19H,5-7H2,1-4H3. The molecule has 0 radical (unpaired) electrons. The molecule has 0 spiro atoms. The molecule has 2 heteroatoms. The molecule has 0 aliphatic carbocycles. The molecule has 2 aromatic rings. The molecular weight excluding hydrogens is 246 g/mol. The zero-order chi connectivity index (χ0) is 14.5. The highest BCUT2D eigenvalue weighted by Gasteiger charge is 2.17. The minimum Gasteiger partial charge on any atom is -0.469 e. The number of furan rings is 1. The maximum absolute atomic E-state index is 5.47. The molecule has 1 aromatic heterocycles. The second-order valence-electron chi connectivity index (χ2n) is 5.16. The lowest BCUT2D eigenvalue weighted by molar-refractivity contribution is 0.520. The van der Waals surface area contributed by atoms with E-state index >= 15 is 0 Å². The van der Waals surface area contributed by atoms with E-state index in [1.54, 1.807) is 6.26 Å². The summed E-state index contributed by atoms with van der Waals surface area (Å²) < 4.78 is 5.47. The van der Waals surface area contributed by atoms with Gasteiger partial charge in [0.1, 0.15) is 5.76 Å². The van der Waals surface area contributed by atoms with Crippen LogP contribution >= 0.6 is 0 Å². The molecule has 1 aromatic carbocycles. The number of hydrogen-bond donors (Lipinski definition) is 1. The first-order chi connectivity index (χ1) is 9.71. The minimum absolute atomic E-state index is 0.218. The summed E-state index contributed by atoms with van der Waals surface area (Å²) >= 11 is 0. The second kappa shape index (κ2) is 6.76. The van der Waals surface area contributed by atoms with E-state index in [2.05, 4.69) is 50.4 Å². The van der Waals surface area contributed by atoms with Crippen LogP contribution in [0.15, 0.2) is 34.9 Å². The number of benzene rings is 1. The summed E-state index contributed by atoms with van der Waals surface area (Å²) in [5.41, 5.74) is 5.47. The highest BCUT2D eigenvalue weighted by Crippen LogP contribution is 2.27. The van der Waals surface area contributed by atoms with Crippen molar-refractivity contribution < 1.29 is 4.42 Å². The third-order valence-electron chi connectivity index (χ3n) is 3.94. The highest BCUT2D eigenvalue weighted by atomic mass is 16.3. The van der Waals surface area contributed by atoms with Gasteiger partial charge in [0.25, 0.3) is 0 Å². The van der Waals surface area contributed by atoms with E-state index in [9.17, 15) is 0 Å². The van der Waals surface area contributed by atoms with Crippen LogP contribution in [0.3, 0.4) is 0 Å². The van der Waals surface area contributed by atoms with Gasteiger partial charge < -0.3 is 9.73 Å². The van der Waals surface area contributed by atoms with Crippen LogP contribution in [0.4, 0.5) is 0 Å². The summed E-state index contributed by atoms with van der Waals surface area (Å²) in [7, 11) is 0. The zero-order valence-electron chi connectivity index (χ0n) is 13.0.